The van der Waals surface area contributed by atoms with E-state index in [2.05, 4.69) is 211 Å². The zero-order valence-corrected chi connectivity index (χ0v) is 32.7. The van der Waals surface area contributed by atoms with Gasteiger partial charge in [-0.05, 0) is 87.5 Å². The molecule has 9 aromatic carbocycles. The van der Waals surface area contributed by atoms with Gasteiger partial charge in [0.15, 0.2) is 23.0 Å². The highest BCUT2D eigenvalue weighted by atomic mass is 32.1. The molecular weight excluding hydrogens is 739 g/mol. The summed E-state index contributed by atoms with van der Waals surface area (Å²) in [5.41, 5.74) is 12.0. The van der Waals surface area contributed by atoms with E-state index in [-0.39, 0.29) is 0 Å². The Kier molecular flexibility index (Phi) is 7.62. The Balaban J connectivity index is 0.971. The number of hydrogen-bond donors (Lipinski definition) is 0. The van der Waals surface area contributed by atoms with Crippen molar-refractivity contribution in [2.45, 2.75) is 5.41 Å². The van der Waals surface area contributed by atoms with Crippen LogP contribution in [-0.4, -0.2) is 0 Å². The molecule has 0 unspecified atom stereocenters. The summed E-state index contributed by atoms with van der Waals surface area (Å²) in [7, 11) is 0. The molecule has 10 aromatic rings. The molecule has 0 bridgehead atoms. The first-order valence-corrected chi connectivity index (χ1v) is 20.8. The van der Waals surface area contributed by atoms with Crippen molar-refractivity contribution in [1.29, 1.82) is 0 Å². The van der Waals surface area contributed by atoms with Crippen molar-refractivity contribution < 1.29 is 9.47 Å². The highest BCUT2D eigenvalue weighted by Gasteiger charge is 2.48. The van der Waals surface area contributed by atoms with E-state index in [0.717, 1.165) is 33.9 Å². The minimum atomic E-state index is -0.524. The van der Waals surface area contributed by atoms with Gasteiger partial charge in [-0.25, -0.2) is 0 Å². The average Bonchev–Trinajstić information content (AvgIpc) is 3.84. The smallest absolute Gasteiger partial charge is 0.178 e. The van der Waals surface area contributed by atoms with Crippen LogP contribution < -0.4 is 14.4 Å². The summed E-state index contributed by atoms with van der Waals surface area (Å²) in [6.07, 6.45) is 0. The minimum Gasteiger partial charge on any atom is -0.449 e. The Hall–Kier alpha value is -7.40. The number of fused-ring (bicyclic) bond motifs is 9. The molecule has 0 N–H and O–H groups in total. The predicted molar refractivity (Wildman–Crippen MR) is 243 cm³/mol. The maximum atomic E-state index is 6.99. The molecule has 12 rings (SSSR count). The lowest BCUT2D eigenvalue weighted by molar-refractivity contribution is 0.360. The molecule has 0 atom stereocenters. The van der Waals surface area contributed by atoms with Gasteiger partial charge in [0, 0.05) is 43.2 Å². The fourth-order valence-corrected chi connectivity index (χ4v) is 10.7. The highest BCUT2D eigenvalue weighted by Crippen LogP contribution is 2.62. The van der Waals surface area contributed by atoms with Gasteiger partial charge in [-0.15, -0.1) is 11.3 Å². The van der Waals surface area contributed by atoms with E-state index >= 15 is 0 Å². The van der Waals surface area contributed by atoms with E-state index in [1.54, 1.807) is 0 Å². The Morgan fingerprint density at radius 3 is 1.85 bits per heavy atom. The van der Waals surface area contributed by atoms with Crippen LogP contribution in [-0.2, 0) is 5.41 Å². The Morgan fingerprint density at radius 2 is 1.03 bits per heavy atom. The minimum absolute atomic E-state index is 0.524. The Bertz CT molecular complexity index is 3190. The molecule has 4 heteroatoms. The van der Waals surface area contributed by atoms with Gasteiger partial charge in [-0.3, -0.25) is 0 Å². The van der Waals surface area contributed by atoms with Crippen molar-refractivity contribution in [1.82, 2.24) is 0 Å². The number of benzene rings is 9. The van der Waals surface area contributed by atoms with Crippen LogP contribution >= 0.6 is 11.3 Å². The van der Waals surface area contributed by atoms with E-state index in [1.165, 1.54) is 53.6 Å². The molecule has 3 nitrogen and oxygen atoms in total. The van der Waals surface area contributed by atoms with Crippen molar-refractivity contribution in [3.05, 3.63) is 235 Å². The molecule has 0 spiro atoms. The van der Waals surface area contributed by atoms with E-state index in [4.69, 9.17) is 9.47 Å². The van der Waals surface area contributed by atoms with Gasteiger partial charge in [0.25, 0.3) is 0 Å². The van der Waals surface area contributed by atoms with Gasteiger partial charge in [0.1, 0.15) is 0 Å². The van der Waals surface area contributed by atoms with Crippen LogP contribution in [0.15, 0.2) is 212 Å². The van der Waals surface area contributed by atoms with Gasteiger partial charge < -0.3 is 14.4 Å². The first kappa shape index (κ1) is 33.7. The van der Waals surface area contributed by atoms with Crippen molar-refractivity contribution in [2.75, 3.05) is 4.90 Å². The molecule has 1 aromatic heterocycles. The Morgan fingerprint density at radius 1 is 0.407 bits per heavy atom. The molecule has 278 valence electrons. The molecule has 1 aliphatic heterocycles. The fourth-order valence-electron chi connectivity index (χ4n) is 9.50. The zero-order valence-electron chi connectivity index (χ0n) is 31.9. The zero-order chi connectivity index (χ0) is 38.9. The third kappa shape index (κ3) is 5.13. The molecule has 59 heavy (non-hydrogen) atoms. The van der Waals surface area contributed by atoms with Crippen LogP contribution in [0.25, 0.3) is 42.4 Å². The van der Waals surface area contributed by atoms with Crippen LogP contribution in [0, 0.1) is 0 Å². The SMILES string of the molecule is c1ccc(N(c2cccc(-c3cccc4c3sc3ccccc34)c2)c2ccc3c(c2)Oc2ccc4c(c2O3)-c2ccccc2C4(c2ccccc2)c2ccccc2)cc1. The lowest BCUT2D eigenvalue weighted by atomic mass is 9.68. The number of ether oxygens (including phenoxy) is 2. The van der Waals surface area contributed by atoms with Crippen LogP contribution in [0.3, 0.4) is 0 Å². The van der Waals surface area contributed by atoms with Gasteiger partial charge in [-0.2, -0.15) is 0 Å². The van der Waals surface area contributed by atoms with Crippen molar-refractivity contribution in [3.8, 4) is 45.3 Å². The van der Waals surface area contributed by atoms with E-state index < -0.39 is 5.41 Å². The van der Waals surface area contributed by atoms with Crippen LogP contribution in [0.1, 0.15) is 22.3 Å². The van der Waals surface area contributed by atoms with Crippen molar-refractivity contribution >= 4 is 48.6 Å². The van der Waals surface area contributed by atoms with E-state index in [0.29, 0.717) is 17.2 Å². The standard InChI is InChI=1S/C55H35NO2S/c1-4-17-37(18-5-1)55(38-19-6-2-7-20-38)46-28-12-10-25-45(46)52-47(55)31-33-49-53(52)58-48-32-30-41(35-50(48)57-49)56(39-21-8-3-9-22-39)40-23-14-16-36(34-40)42-26-15-27-44-43-24-11-13-29-51(43)59-54(42)44/h1-35H. The lowest BCUT2D eigenvalue weighted by Gasteiger charge is -2.34. The lowest BCUT2D eigenvalue weighted by Crippen LogP contribution is -2.28. The number of nitrogens with zero attached hydrogens (tertiary/aromatic N) is 1. The van der Waals surface area contributed by atoms with Crippen LogP contribution in [0.4, 0.5) is 17.1 Å². The van der Waals surface area contributed by atoms with E-state index in [9.17, 15) is 0 Å². The molecule has 0 radical (unpaired) electrons. The molecule has 2 heterocycles. The molecule has 2 aliphatic rings. The predicted octanol–water partition coefficient (Wildman–Crippen LogP) is 15.5. The van der Waals surface area contributed by atoms with Crippen molar-refractivity contribution in [3.63, 3.8) is 0 Å². The molecule has 0 amide bonds. The van der Waals surface area contributed by atoms with Gasteiger partial charge in [0.2, 0.25) is 0 Å². The topological polar surface area (TPSA) is 21.7 Å². The van der Waals surface area contributed by atoms with Crippen molar-refractivity contribution in [2.24, 2.45) is 0 Å². The second kappa shape index (κ2) is 13.3. The average molecular weight is 774 g/mol. The third-order valence-electron chi connectivity index (χ3n) is 12.0. The largest absolute Gasteiger partial charge is 0.449 e. The number of hydrogen-bond acceptors (Lipinski definition) is 4. The molecule has 0 fully saturated rings. The van der Waals surface area contributed by atoms with Crippen LogP contribution in [0.2, 0.25) is 0 Å². The molecule has 0 saturated heterocycles. The van der Waals surface area contributed by atoms with Gasteiger partial charge in [-0.1, -0.05) is 158 Å². The summed E-state index contributed by atoms with van der Waals surface area (Å²) in [6.45, 7) is 0. The third-order valence-corrected chi connectivity index (χ3v) is 13.2. The second-order valence-electron chi connectivity index (χ2n) is 15.2. The summed E-state index contributed by atoms with van der Waals surface area (Å²) in [5.74, 6) is 2.80. The fraction of sp³-hybridized carbons (Fsp3) is 0.0182. The summed E-state index contributed by atoms with van der Waals surface area (Å²) in [4.78, 5) is 2.29. The monoisotopic (exact) mass is 773 g/mol. The summed E-state index contributed by atoms with van der Waals surface area (Å²) >= 11 is 1.86. The van der Waals surface area contributed by atoms with E-state index in [1.807, 2.05) is 17.4 Å². The molecule has 1 aliphatic carbocycles. The number of thiophene rings is 1. The molecule has 0 saturated carbocycles. The second-order valence-corrected chi connectivity index (χ2v) is 16.2. The number of rotatable bonds is 6. The highest BCUT2D eigenvalue weighted by molar-refractivity contribution is 7.26. The Labute approximate surface area is 346 Å². The normalized spacial score (nSPS) is 13.2. The maximum absolute atomic E-state index is 6.99. The molecular formula is C55H35NO2S. The van der Waals surface area contributed by atoms with Gasteiger partial charge >= 0.3 is 0 Å². The first-order valence-electron chi connectivity index (χ1n) is 20.0. The number of para-hydroxylation sites is 1. The maximum Gasteiger partial charge on any atom is 0.178 e. The summed E-state index contributed by atoms with van der Waals surface area (Å²) < 4.78 is 16.5. The number of anilines is 3. The summed E-state index contributed by atoms with van der Waals surface area (Å²) in [5, 5.41) is 2.59. The van der Waals surface area contributed by atoms with Crippen LogP contribution in [0.5, 0.6) is 23.0 Å². The summed E-state index contributed by atoms with van der Waals surface area (Å²) in [6, 6.07) is 75.7. The van der Waals surface area contributed by atoms with Gasteiger partial charge in [0.05, 0.1) is 11.1 Å². The quantitative estimate of drug-likeness (QED) is 0.168. The first-order chi connectivity index (χ1) is 29.3.